The van der Waals surface area contributed by atoms with Crippen LogP contribution in [0.5, 0.6) is 0 Å². The lowest BCUT2D eigenvalue weighted by Crippen LogP contribution is -2.34. The van der Waals surface area contributed by atoms with E-state index in [1.807, 2.05) is 5.32 Å². The van der Waals surface area contributed by atoms with E-state index in [9.17, 15) is 22.8 Å². The highest BCUT2D eigenvalue weighted by Gasteiger charge is 2.30. The summed E-state index contributed by atoms with van der Waals surface area (Å²) in [5, 5.41) is 7.66. The summed E-state index contributed by atoms with van der Waals surface area (Å²) < 4.78 is 43.0. The number of imide groups is 1. The number of alkyl halides is 3. The summed E-state index contributed by atoms with van der Waals surface area (Å²) >= 11 is 17.9. The minimum absolute atomic E-state index is 0.0388. The average Bonchev–Trinajstić information content (AvgIpc) is 3.01. The van der Waals surface area contributed by atoms with Gasteiger partial charge in [-0.25, -0.2) is 4.79 Å². The molecule has 0 aliphatic rings. The van der Waals surface area contributed by atoms with Crippen LogP contribution in [0.4, 0.5) is 23.8 Å². The van der Waals surface area contributed by atoms with Gasteiger partial charge < -0.3 is 4.52 Å². The lowest BCUT2D eigenvalue weighted by Gasteiger charge is -2.07. The fraction of sp³-hybridized carbons (Fsp3) is 0.0556. The molecule has 0 unspecified atom stereocenters. The number of hydrogen-bond donors (Lipinski definition) is 2. The molecule has 1 heterocycles. The fourth-order valence-corrected chi connectivity index (χ4v) is 3.16. The number of hydrogen-bond acceptors (Lipinski definition) is 4. The van der Waals surface area contributed by atoms with Gasteiger partial charge in [-0.2, -0.15) is 13.2 Å². The van der Waals surface area contributed by atoms with E-state index in [1.165, 1.54) is 18.2 Å². The molecule has 2 N–H and O–H groups in total. The van der Waals surface area contributed by atoms with Crippen LogP contribution >= 0.6 is 34.8 Å². The van der Waals surface area contributed by atoms with Crippen LogP contribution in [0.25, 0.3) is 11.3 Å². The maximum absolute atomic E-state index is 12.7. The summed E-state index contributed by atoms with van der Waals surface area (Å²) in [6.07, 6.45) is -4.49. The number of halogens is 6. The van der Waals surface area contributed by atoms with Crippen molar-refractivity contribution >= 4 is 52.6 Å². The monoisotopic (exact) mass is 477 g/mol. The Morgan fingerprint density at radius 1 is 0.967 bits per heavy atom. The molecule has 3 rings (SSSR count). The molecule has 0 radical (unpaired) electrons. The summed E-state index contributed by atoms with van der Waals surface area (Å²) in [6.45, 7) is 0. The second-order valence-electron chi connectivity index (χ2n) is 5.75. The fourth-order valence-electron chi connectivity index (χ4n) is 2.37. The molecule has 0 aliphatic carbocycles. The molecular formula is C18H9Cl3F3N3O3. The highest BCUT2D eigenvalue weighted by atomic mass is 35.5. The van der Waals surface area contributed by atoms with E-state index in [0.717, 1.165) is 24.3 Å². The summed E-state index contributed by atoms with van der Waals surface area (Å²) in [6, 6.07) is 7.34. The molecule has 1 aromatic heterocycles. The Morgan fingerprint density at radius 3 is 2.13 bits per heavy atom. The molecule has 12 heteroatoms. The standard InChI is InChI=1S/C18H9Cl3F3N3O3/c19-10-2-1-3-11(20)12(10)16(28)26-17(29)25-15-13(21)14(30-27-15)8-4-6-9(7-5-8)18(22,23)24/h1-7H,(H2,25,26,27,28,29). The van der Waals surface area contributed by atoms with E-state index in [4.69, 9.17) is 39.3 Å². The highest BCUT2D eigenvalue weighted by Crippen LogP contribution is 2.36. The molecule has 0 bridgehead atoms. The Hall–Kier alpha value is -2.75. The van der Waals surface area contributed by atoms with Crippen molar-refractivity contribution in [1.82, 2.24) is 10.5 Å². The average molecular weight is 479 g/mol. The quantitative estimate of drug-likeness (QED) is 0.464. The van der Waals surface area contributed by atoms with Gasteiger partial charge in [0.05, 0.1) is 21.2 Å². The summed E-state index contributed by atoms with van der Waals surface area (Å²) in [7, 11) is 0. The van der Waals surface area contributed by atoms with Gasteiger partial charge in [0.1, 0.15) is 5.02 Å². The van der Waals surface area contributed by atoms with Crippen LogP contribution in [0.3, 0.4) is 0 Å². The third-order valence-corrected chi connectivity index (χ3v) is 4.74. The number of nitrogens with zero attached hydrogens (tertiary/aromatic N) is 1. The molecule has 3 amide bonds. The van der Waals surface area contributed by atoms with E-state index in [0.29, 0.717) is 0 Å². The smallest absolute Gasteiger partial charge is 0.352 e. The molecule has 0 fully saturated rings. The molecule has 0 saturated carbocycles. The third-order valence-electron chi connectivity index (χ3n) is 3.76. The number of amides is 3. The van der Waals surface area contributed by atoms with Gasteiger partial charge in [0.15, 0.2) is 11.6 Å². The number of aromatic nitrogens is 1. The molecule has 0 aliphatic heterocycles. The van der Waals surface area contributed by atoms with E-state index in [1.54, 1.807) is 0 Å². The molecule has 156 valence electrons. The maximum Gasteiger partial charge on any atom is 0.416 e. The summed E-state index contributed by atoms with van der Waals surface area (Å²) in [4.78, 5) is 24.3. The Kier molecular flexibility index (Phi) is 6.25. The molecular weight excluding hydrogens is 470 g/mol. The van der Waals surface area contributed by atoms with Gasteiger partial charge in [-0.05, 0) is 24.3 Å². The van der Waals surface area contributed by atoms with Crippen molar-refractivity contribution in [3.8, 4) is 11.3 Å². The summed E-state index contributed by atoms with van der Waals surface area (Å²) in [5.41, 5.74) is -0.753. The van der Waals surface area contributed by atoms with Gasteiger partial charge in [0, 0.05) is 5.56 Å². The zero-order chi connectivity index (χ0) is 22.1. The first-order chi connectivity index (χ1) is 14.1. The first-order valence-electron chi connectivity index (χ1n) is 7.97. The normalized spacial score (nSPS) is 11.3. The van der Waals surface area contributed by atoms with Crippen molar-refractivity contribution in [2.75, 3.05) is 5.32 Å². The second-order valence-corrected chi connectivity index (χ2v) is 6.95. The largest absolute Gasteiger partial charge is 0.416 e. The number of urea groups is 1. The Labute approximate surface area is 181 Å². The third kappa shape index (κ3) is 4.69. The molecule has 6 nitrogen and oxygen atoms in total. The Balaban J connectivity index is 1.73. The second kappa shape index (κ2) is 8.55. The van der Waals surface area contributed by atoms with Gasteiger partial charge >= 0.3 is 12.2 Å². The predicted octanol–water partition coefficient (Wildman–Crippen LogP) is 6.28. The lowest BCUT2D eigenvalue weighted by molar-refractivity contribution is -0.137. The van der Waals surface area contributed by atoms with E-state index in [2.05, 4.69) is 10.5 Å². The molecule has 2 aromatic carbocycles. The van der Waals surface area contributed by atoms with Crippen LogP contribution in [0, 0.1) is 0 Å². The Bertz CT molecular complexity index is 1100. The predicted molar refractivity (Wildman–Crippen MR) is 105 cm³/mol. The van der Waals surface area contributed by atoms with Crippen molar-refractivity contribution in [3.63, 3.8) is 0 Å². The van der Waals surface area contributed by atoms with Crippen molar-refractivity contribution in [1.29, 1.82) is 0 Å². The van der Waals surface area contributed by atoms with Gasteiger partial charge in [-0.1, -0.05) is 58.2 Å². The van der Waals surface area contributed by atoms with Crippen molar-refractivity contribution < 1.29 is 27.3 Å². The van der Waals surface area contributed by atoms with Crippen LogP contribution in [-0.4, -0.2) is 17.1 Å². The number of carbonyl (C=O) groups excluding carboxylic acids is 2. The zero-order valence-corrected chi connectivity index (χ0v) is 16.7. The SMILES string of the molecule is O=C(NC(=O)c1c(Cl)cccc1Cl)Nc1noc(-c2ccc(C(F)(F)F)cc2)c1Cl. The van der Waals surface area contributed by atoms with Crippen LogP contribution in [0.15, 0.2) is 47.0 Å². The van der Waals surface area contributed by atoms with Crippen molar-refractivity contribution in [3.05, 3.63) is 68.7 Å². The number of carbonyl (C=O) groups is 2. The van der Waals surface area contributed by atoms with Crippen molar-refractivity contribution in [2.45, 2.75) is 6.18 Å². The molecule has 0 spiro atoms. The van der Waals surface area contributed by atoms with E-state index >= 15 is 0 Å². The molecule has 0 saturated heterocycles. The topological polar surface area (TPSA) is 84.2 Å². The number of benzene rings is 2. The molecule has 30 heavy (non-hydrogen) atoms. The van der Waals surface area contributed by atoms with Crippen molar-refractivity contribution in [2.24, 2.45) is 0 Å². The summed E-state index contributed by atoms with van der Waals surface area (Å²) in [5.74, 6) is -1.19. The number of rotatable bonds is 3. The first kappa shape index (κ1) is 21.9. The van der Waals surface area contributed by atoms with Gasteiger partial charge in [-0.15, -0.1) is 0 Å². The maximum atomic E-state index is 12.7. The van der Waals surface area contributed by atoms with E-state index < -0.39 is 23.7 Å². The van der Waals surface area contributed by atoms with Crippen LogP contribution < -0.4 is 10.6 Å². The van der Waals surface area contributed by atoms with Crippen LogP contribution in [0.1, 0.15) is 15.9 Å². The molecule has 3 aromatic rings. The zero-order valence-electron chi connectivity index (χ0n) is 14.5. The van der Waals surface area contributed by atoms with Gasteiger partial charge in [-0.3, -0.25) is 15.4 Å². The van der Waals surface area contributed by atoms with Crippen LogP contribution in [0.2, 0.25) is 15.1 Å². The number of nitrogens with one attached hydrogen (secondary N) is 2. The lowest BCUT2D eigenvalue weighted by atomic mass is 10.1. The first-order valence-corrected chi connectivity index (χ1v) is 9.10. The van der Waals surface area contributed by atoms with Gasteiger partial charge in [0.2, 0.25) is 0 Å². The minimum Gasteiger partial charge on any atom is -0.352 e. The number of anilines is 1. The Morgan fingerprint density at radius 2 is 1.57 bits per heavy atom. The van der Waals surface area contributed by atoms with Crippen LogP contribution in [-0.2, 0) is 6.18 Å². The molecule has 0 atom stereocenters. The minimum atomic E-state index is -4.49. The highest BCUT2D eigenvalue weighted by molar-refractivity contribution is 6.40. The van der Waals surface area contributed by atoms with E-state index in [-0.39, 0.29) is 37.8 Å². The van der Waals surface area contributed by atoms with Gasteiger partial charge in [0.25, 0.3) is 5.91 Å².